The number of nitro groups is 1. The predicted molar refractivity (Wildman–Crippen MR) is 104 cm³/mol. The van der Waals surface area contributed by atoms with Crippen LogP contribution in [0.3, 0.4) is 0 Å². The van der Waals surface area contributed by atoms with Crippen LogP contribution in [0.4, 0.5) is 0 Å². The number of fused-ring (bicyclic) bond motifs is 1. The van der Waals surface area contributed by atoms with Crippen molar-refractivity contribution in [2.75, 3.05) is 6.54 Å². The Morgan fingerprint density at radius 1 is 1.24 bits per heavy atom. The SMILES string of the molecule is Cc1cc2oc(=O)cc(COC(=O)C[C@H]3C(=O)C[C@@H](C)[C@H]3C[N+](=O)[O-])c2cc1C. The van der Waals surface area contributed by atoms with Crippen LogP contribution in [-0.2, 0) is 20.9 Å². The Kier molecular flexibility index (Phi) is 5.81. The lowest BCUT2D eigenvalue weighted by molar-refractivity contribution is -0.490. The molecule has 8 heteroatoms. The minimum Gasteiger partial charge on any atom is -0.461 e. The molecule has 0 aliphatic heterocycles. The molecular formula is C21H23NO7. The maximum absolute atomic E-state index is 12.4. The summed E-state index contributed by atoms with van der Waals surface area (Å²) in [5, 5.41) is 11.6. The van der Waals surface area contributed by atoms with Gasteiger partial charge in [0.1, 0.15) is 18.0 Å². The van der Waals surface area contributed by atoms with Gasteiger partial charge in [0.05, 0.1) is 6.42 Å². The zero-order chi connectivity index (χ0) is 21.3. The third kappa shape index (κ3) is 4.52. The van der Waals surface area contributed by atoms with Crippen molar-refractivity contribution in [2.24, 2.45) is 17.8 Å². The first-order chi connectivity index (χ1) is 13.7. The zero-order valence-corrected chi connectivity index (χ0v) is 16.6. The van der Waals surface area contributed by atoms with E-state index in [0.717, 1.165) is 11.1 Å². The van der Waals surface area contributed by atoms with Gasteiger partial charge in [0, 0.05) is 40.2 Å². The fourth-order valence-corrected chi connectivity index (χ4v) is 4.00. The molecule has 1 aromatic carbocycles. The summed E-state index contributed by atoms with van der Waals surface area (Å²) in [5.41, 5.74) is 2.36. The van der Waals surface area contributed by atoms with Crippen LogP contribution < -0.4 is 5.63 Å². The molecule has 0 amide bonds. The van der Waals surface area contributed by atoms with E-state index in [4.69, 9.17) is 9.15 Å². The van der Waals surface area contributed by atoms with Gasteiger partial charge < -0.3 is 9.15 Å². The lowest BCUT2D eigenvalue weighted by atomic mass is 9.88. The van der Waals surface area contributed by atoms with Crippen LogP contribution in [0.1, 0.15) is 36.5 Å². The minimum atomic E-state index is -0.703. The number of nitrogens with zero attached hydrogens (tertiary/aromatic N) is 1. The molecule has 8 nitrogen and oxygen atoms in total. The Hall–Kier alpha value is -3.03. The van der Waals surface area contributed by atoms with Crippen molar-refractivity contribution in [2.45, 2.75) is 40.2 Å². The van der Waals surface area contributed by atoms with E-state index in [-0.39, 0.29) is 37.7 Å². The molecule has 154 valence electrons. The number of Topliss-reactive ketones (excluding diaryl/α,β-unsaturated/α-hetero) is 1. The second kappa shape index (κ2) is 8.14. The summed E-state index contributed by atoms with van der Waals surface area (Å²) in [6.45, 7) is 5.14. The van der Waals surface area contributed by atoms with Gasteiger partial charge in [0.15, 0.2) is 0 Å². The molecule has 29 heavy (non-hydrogen) atoms. The van der Waals surface area contributed by atoms with Gasteiger partial charge >= 0.3 is 11.6 Å². The number of rotatable bonds is 6. The van der Waals surface area contributed by atoms with Crippen molar-refractivity contribution in [1.29, 1.82) is 0 Å². The van der Waals surface area contributed by atoms with E-state index in [1.54, 1.807) is 13.0 Å². The predicted octanol–water partition coefficient (Wildman–Crippen LogP) is 2.96. The van der Waals surface area contributed by atoms with Crippen LogP contribution in [0, 0.1) is 41.7 Å². The summed E-state index contributed by atoms with van der Waals surface area (Å²) in [7, 11) is 0. The second-order valence-electron chi connectivity index (χ2n) is 7.82. The molecular weight excluding hydrogens is 378 g/mol. The van der Waals surface area contributed by atoms with Crippen molar-refractivity contribution in [3.05, 3.63) is 55.4 Å². The quantitative estimate of drug-likeness (QED) is 0.316. The molecule has 1 heterocycles. The monoisotopic (exact) mass is 401 g/mol. The van der Waals surface area contributed by atoms with Gasteiger partial charge in [0.25, 0.3) is 0 Å². The molecule has 1 aliphatic carbocycles. The number of esters is 1. The Morgan fingerprint density at radius 3 is 2.62 bits per heavy atom. The van der Waals surface area contributed by atoms with E-state index in [2.05, 4.69) is 0 Å². The third-order valence-corrected chi connectivity index (χ3v) is 5.76. The van der Waals surface area contributed by atoms with Crippen LogP contribution in [0.25, 0.3) is 11.0 Å². The van der Waals surface area contributed by atoms with E-state index >= 15 is 0 Å². The van der Waals surface area contributed by atoms with E-state index in [0.29, 0.717) is 16.5 Å². The second-order valence-corrected chi connectivity index (χ2v) is 7.82. The van der Waals surface area contributed by atoms with Crippen molar-refractivity contribution >= 4 is 22.7 Å². The lowest BCUT2D eigenvalue weighted by Crippen LogP contribution is -2.27. The summed E-state index contributed by atoms with van der Waals surface area (Å²) in [5.74, 6) is -2.07. The normalized spacial score (nSPS) is 21.5. The average Bonchev–Trinajstić information content (AvgIpc) is 2.87. The average molecular weight is 401 g/mol. The van der Waals surface area contributed by atoms with Crippen LogP contribution >= 0.6 is 0 Å². The van der Waals surface area contributed by atoms with Gasteiger partial charge in [-0.05, 0) is 43.0 Å². The van der Waals surface area contributed by atoms with Gasteiger partial charge in [-0.2, -0.15) is 0 Å². The third-order valence-electron chi connectivity index (χ3n) is 5.76. The van der Waals surface area contributed by atoms with E-state index in [1.807, 2.05) is 19.9 Å². The molecule has 0 saturated heterocycles. The summed E-state index contributed by atoms with van der Waals surface area (Å²) in [6, 6.07) is 4.91. The van der Waals surface area contributed by atoms with Gasteiger partial charge in [-0.1, -0.05) is 6.92 Å². The molecule has 0 unspecified atom stereocenters. The van der Waals surface area contributed by atoms with Crippen molar-refractivity contribution in [1.82, 2.24) is 0 Å². The Bertz CT molecular complexity index is 1040. The summed E-state index contributed by atoms with van der Waals surface area (Å²) in [6.07, 6.45) is 0.0403. The molecule has 3 atom stereocenters. The molecule has 2 aromatic rings. The molecule has 0 radical (unpaired) electrons. The van der Waals surface area contributed by atoms with Crippen molar-refractivity contribution in [3.63, 3.8) is 0 Å². The summed E-state index contributed by atoms with van der Waals surface area (Å²) >= 11 is 0. The Balaban J connectivity index is 1.74. The first kappa shape index (κ1) is 20.7. The fourth-order valence-electron chi connectivity index (χ4n) is 4.00. The van der Waals surface area contributed by atoms with Gasteiger partial charge in [0.2, 0.25) is 6.54 Å². The maximum Gasteiger partial charge on any atom is 0.336 e. The number of ether oxygens (including phenoxy) is 1. The molecule has 1 aromatic heterocycles. The fraction of sp³-hybridized carbons (Fsp3) is 0.476. The lowest BCUT2D eigenvalue weighted by Gasteiger charge is -2.17. The molecule has 1 saturated carbocycles. The highest BCUT2D eigenvalue weighted by molar-refractivity contribution is 5.88. The van der Waals surface area contributed by atoms with E-state index in [9.17, 15) is 24.5 Å². The Morgan fingerprint density at radius 2 is 1.93 bits per heavy atom. The first-order valence-electron chi connectivity index (χ1n) is 9.49. The van der Waals surface area contributed by atoms with Gasteiger partial charge in [-0.3, -0.25) is 19.7 Å². The first-order valence-corrected chi connectivity index (χ1v) is 9.49. The highest BCUT2D eigenvalue weighted by atomic mass is 16.6. The smallest absolute Gasteiger partial charge is 0.336 e. The highest BCUT2D eigenvalue weighted by Gasteiger charge is 2.44. The molecule has 0 N–H and O–H groups in total. The molecule has 1 fully saturated rings. The number of ketones is 1. The van der Waals surface area contributed by atoms with E-state index in [1.165, 1.54) is 6.07 Å². The van der Waals surface area contributed by atoms with Crippen LogP contribution in [0.5, 0.6) is 0 Å². The zero-order valence-electron chi connectivity index (χ0n) is 16.6. The van der Waals surface area contributed by atoms with Crippen LogP contribution in [0.2, 0.25) is 0 Å². The molecule has 3 rings (SSSR count). The van der Waals surface area contributed by atoms with Gasteiger partial charge in [-0.15, -0.1) is 0 Å². The number of carbonyl (C=O) groups is 2. The number of aryl methyl sites for hydroxylation is 2. The van der Waals surface area contributed by atoms with E-state index < -0.39 is 28.4 Å². The minimum absolute atomic E-state index is 0.139. The maximum atomic E-state index is 12.4. The number of carbonyl (C=O) groups excluding carboxylic acids is 2. The Labute approximate surface area is 167 Å². The number of hydrogen-bond acceptors (Lipinski definition) is 7. The standard InChI is InChI=1S/C21H23NO7/c1-11-4-15-14(7-21(25)29-19(15)6-12(11)2)10-28-20(24)8-16-17(9-22(26)27)13(3)5-18(16)23/h4,6-7,13,16-17H,5,8-10H2,1-3H3/t13-,16-,17-/m1/s1. The van der Waals surface area contributed by atoms with Gasteiger partial charge in [-0.25, -0.2) is 4.79 Å². The van der Waals surface area contributed by atoms with Crippen LogP contribution in [0.15, 0.2) is 27.4 Å². The van der Waals surface area contributed by atoms with Crippen LogP contribution in [-0.4, -0.2) is 23.2 Å². The highest BCUT2D eigenvalue weighted by Crippen LogP contribution is 2.36. The number of hydrogen-bond donors (Lipinski definition) is 0. The summed E-state index contributed by atoms with van der Waals surface area (Å²) < 4.78 is 10.5. The van der Waals surface area contributed by atoms with Crippen molar-refractivity contribution < 1.29 is 23.7 Å². The number of benzene rings is 1. The molecule has 0 bridgehead atoms. The molecule has 1 aliphatic rings. The van der Waals surface area contributed by atoms with Crippen molar-refractivity contribution in [3.8, 4) is 0 Å². The largest absolute Gasteiger partial charge is 0.461 e. The topological polar surface area (TPSA) is 117 Å². The molecule has 0 spiro atoms. The summed E-state index contributed by atoms with van der Waals surface area (Å²) in [4.78, 5) is 46.8.